The lowest BCUT2D eigenvalue weighted by atomic mass is 10.2. The van der Waals surface area contributed by atoms with Crippen LogP contribution in [0.5, 0.6) is 0 Å². The zero-order valence-corrected chi connectivity index (χ0v) is 11.8. The van der Waals surface area contributed by atoms with Crippen LogP contribution in [0.15, 0.2) is 24.3 Å². The second-order valence-electron chi connectivity index (χ2n) is 4.69. The Kier molecular flexibility index (Phi) is 3.26. The van der Waals surface area contributed by atoms with Gasteiger partial charge in [-0.2, -0.15) is 4.98 Å². The Labute approximate surface area is 125 Å². The molecule has 0 saturated carbocycles. The molecular formula is C13H13ClN6O. The molecule has 0 aliphatic carbocycles. The number of halogens is 1. The Bertz CT molecular complexity index is 703. The molecule has 8 heteroatoms. The molecule has 0 fully saturated rings. The van der Waals surface area contributed by atoms with Crippen LogP contribution in [0.1, 0.15) is 11.3 Å². The first-order valence-corrected chi connectivity index (χ1v) is 6.63. The molecular weight excluding hydrogens is 292 g/mol. The van der Waals surface area contributed by atoms with Crippen molar-refractivity contribution in [1.29, 1.82) is 0 Å². The van der Waals surface area contributed by atoms with Crippen LogP contribution in [0.25, 0.3) is 0 Å². The number of carbonyl (C=O) groups is 1. The molecule has 2 aromatic rings. The highest BCUT2D eigenvalue weighted by Crippen LogP contribution is 2.26. The maximum absolute atomic E-state index is 12.2. The zero-order chi connectivity index (χ0) is 15.0. The lowest BCUT2D eigenvalue weighted by Crippen LogP contribution is -2.30. The molecule has 1 aromatic heterocycles. The molecule has 2 heterocycles. The van der Waals surface area contributed by atoms with E-state index in [2.05, 4.69) is 15.3 Å². The summed E-state index contributed by atoms with van der Waals surface area (Å²) in [6.07, 6.45) is 0. The monoisotopic (exact) mass is 304 g/mol. The van der Waals surface area contributed by atoms with E-state index in [-0.39, 0.29) is 12.0 Å². The van der Waals surface area contributed by atoms with E-state index in [1.54, 1.807) is 29.2 Å². The molecule has 1 aliphatic rings. The maximum atomic E-state index is 12.2. The zero-order valence-electron chi connectivity index (χ0n) is 11.0. The molecule has 7 nitrogen and oxygen atoms in total. The molecule has 0 radical (unpaired) electrons. The molecule has 3 rings (SSSR count). The number of benzene rings is 1. The first-order valence-electron chi connectivity index (χ1n) is 6.25. The number of carbonyl (C=O) groups excluding carboxylic acids is 1. The van der Waals surface area contributed by atoms with Gasteiger partial charge in [-0.05, 0) is 24.3 Å². The number of aromatic nitrogens is 2. The number of nitrogens with two attached hydrogens (primary N) is 2. The van der Waals surface area contributed by atoms with Crippen LogP contribution in [0.2, 0.25) is 5.02 Å². The van der Waals surface area contributed by atoms with Crippen LogP contribution in [0.4, 0.5) is 22.2 Å². The van der Waals surface area contributed by atoms with E-state index in [9.17, 15) is 4.79 Å². The molecule has 0 atom stereocenters. The van der Waals surface area contributed by atoms with Gasteiger partial charge in [0.1, 0.15) is 5.82 Å². The van der Waals surface area contributed by atoms with Crippen molar-refractivity contribution < 1.29 is 4.79 Å². The minimum atomic E-state index is -0.242. The first-order chi connectivity index (χ1) is 10.0. The van der Waals surface area contributed by atoms with Gasteiger partial charge in [-0.3, -0.25) is 0 Å². The fourth-order valence-corrected chi connectivity index (χ4v) is 2.31. The second-order valence-corrected chi connectivity index (χ2v) is 5.12. The summed E-state index contributed by atoms with van der Waals surface area (Å²) in [7, 11) is 0. The number of amides is 2. The van der Waals surface area contributed by atoms with Crippen molar-refractivity contribution in [2.45, 2.75) is 13.1 Å². The van der Waals surface area contributed by atoms with Gasteiger partial charge in [0.05, 0.1) is 18.8 Å². The number of nitrogens with one attached hydrogen (secondary N) is 1. The number of rotatable bonds is 1. The summed E-state index contributed by atoms with van der Waals surface area (Å²) in [5.74, 6) is 0.436. The van der Waals surface area contributed by atoms with Gasteiger partial charge in [-0.1, -0.05) is 11.6 Å². The van der Waals surface area contributed by atoms with Crippen LogP contribution in [0, 0.1) is 0 Å². The molecule has 2 amide bonds. The van der Waals surface area contributed by atoms with Gasteiger partial charge < -0.3 is 21.7 Å². The van der Waals surface area contributed by atoms with E-state index < -0.39 is 0 Å². The molecule has 0 bridgehead atoms. The quantitative estimate of drug-likeness (QED) is 0.744. The Morgan fingerprint density at radius 2 is 1.90 bits per heavy atom. The summed E-state index contributed by atoms with van der Waals surface area (Å²) in [6.45, 7) is 0.715. The third-order valence-corrected chi connectivity index (χ3v) is 3.47. The van der Waals surface area contributed by atoms with Crippen LogP contribution in [-0.2, 0) is 13.1 Å². The number of urea groups is 1. The SMILES string of the molecule is Nc1nc(N)c2c(n1)CN(C(=O)Nc1ccc(Cl)cc1)C2. The molecule has 108 valence electrons. The van der Waals surface area contributed by atoms with Crippen LogP contribution >= 0.6 is 11.6 Å². The van der Waals surface area contributed by atoms with Gasteiger partial charge in [0.15, 0.2) is 0 Å². The Balaban J connectivity index is 1.73. The lowest BCUT2D eigenvalue weighted by molar-refractivity contribution is 0.212. The summed E-state index contributed by atoms with van der Waals surface area (Å²) in [5.41, 5.74) is 13.5. The number of nitrogen functional groups attached to an aromatic ring is 2. The van der Waals surface area contributed by atoms with E-state index in [0.717, 1.165) is 5.56 Å². The summed E-state index contributed by atoms with van der Waals surface area (Å²) in [4.78, 5) is 21.8. The predicted octanol–water partition coefficient (Wildman–Crippen LogP) is 1.84. The van der Waals surface area contributed by atoms with Gasteiger partial charge in [0, 0.05) is 16.3 Å². The van der Waals surface area contributed by atoms with Crippen molar-refractivity contribution in [2.75, 3.05) is 16.8 Å². The van der Waals surface area contributed by atoms with Gasteiger partial charge in [-0.15, -0.1) is 0 Å². The summed E-state index contributed by atoms with van der Waals surface area (Å²) < 4.78 is 0. The predicted molar refractivity (Wildman–Crippen MR) is 80.6 cm³/mol. The molecule has 21 heavy (non-hydrogen) atoms. The fourth-order valence-electron chi connectivity index (χ4n) is 2.18. The van der Waals surface area contributed by atoms with Gasteiger partial charge in [-0.25, -0.2) is 9.78 Å². The number of anilines is 3. The lowest BCUT2D eigenvalue weighted by Gasteiger charge is -2.16. The molecule has 1 aliphatic heterocycles. The largest absolute Gasteiger partial charge is 0.383 e. The van der Waals surface area contributed by atoms with E-state index in [4.69, 9.17) is 23.1 Å². The van der Waals surface area contributed by atoms with Crippen LogP contribution in [0.3, 0.4) is 0 Å². The normalized spacial score (nSPS) is 13.1. The van der Waals surface area contributed by atoms with Crippen LogP contribution in [-0.4, -0.2) is 20.9 Å². The summed E-state index contributed by atoms with van der Waals surface area (Å²) in [6, 6.07) is 6.64. The van der Waals surface area contributed by atoms with Gasteiger partial charge in [0.25, 0.3) is 0 Å². The minimum Gasteiger partial charge on any atom is -0.383 e. The van der Waals surface area contributed by atoms with Crippen molar-refractivity contribution in [3.05, 3.63) is 40.5 Å². The first kappa shape index (κ1) is 13.4. The highest BCUT2D eigenvalue weighted by molar-refractivity contribution is 6.30. The smallest absolute Gasteiger partial charge is 0.322 e. The number of hydrogen-bond acceptors (Lipinski definition) is 5. The number of fused-ring (bicyclic) bond motifs is 1. The summed E-state index contributed by atoms with van der Waals surface area (Å²) >= 11 is 5.80. The van der Waals surface area contributed by atoms with E-state index in [1.807, 2.05) is 0 Å². The third-order valence-electron chi connectivity index (χ3n) is 3.21. The molecule has 1 aromatic carbocycles. The second kappa shape index (κ2) is 5.10. The van der Waals surface area contributed by atoms with Gasteiger partial charge >= 0.3 is 6.03 Å². The molecule has 5 N–H and O–H groups in total. The number of hydrogen-bond donors (Lipinski definition) is 3. The molecule has 0 unspecified atom stereocenters. The highest BCUT2D eigenvalue weighted by atomic mass is 35.5. The van der Waals surface area contributed by atoms with Crippen molar-refractivity contribution >= 4 is 35.1 Å². The van der Waals surface area contributed by atoms with E-state index in [0.29, 0.717) is 35.3 Å². The average molecular weight is 305 g/mol. The Hall–Kier alpha value is -2.54. The standard InChI is InChI=1S/C13H13ClN6O/c14-7-1-3-8(4-2-7)17-13(21)20-5-9-10(6-20)18-12(16)19-11(9)15/h1-4H,5-6H2,(H,17,21)(H4,15,16,18,19). The van der Waals surface area contributed by atoms with E-state index in [1.165, 1.54) is 0 Å². The Morgan fingerprint density at radius 1 is 1.19 bits per heavy atom. The molecule has 0 spiro atoms. The molecule has 0 saturated heterocycles. The van der Waals surface area contributed by atoms with E-state index >= 15 is 0 Å². The van der Waals surface area contributed by atoms with Crippen molar-refractivity contribution in [1.82, 2.24) is 14.9 Å². The third kappa shape index (κ3) is 2.68. The van der Waals surface area contributed by atoms with Crippen LogP contribution < -0.4 is 16.8 Å². The van der Waals surface area contributed by atoms with Crippen molar-refractivity contribution in [3.8, 4) is 0 Å². The van der Waals surface area contributed by atoms with Gasteiger partial charge in [0.2, 0.25) is 5.95 Å². The minimum absolute atomic E-state index is 0.117. The summed E-state index contributed by atoms with van der Waals surface area (Å²) in [5, 5.41) is 3.40. The van der Waals surface area contributed by atoms with Crippen molar-refractivity contribution in [3.63, 3.8) is 0 Å². The topological polar surface area (TPSA) is 110 Å². The highest BCUT2D eigenvalue weighted by Gasteiger charge is 2.27. The average Bonchev–Trinajstić information content (AvgIpc) is 2.85. The van der Waals surface area contributed by atoms with Crippen molar-refractivity contribution in [2.24, 2.45) is 0 Å². The Morgan fingerprint density at radius 3 is 2.62 bits per heavy atom. The maximum Gasteiger partial charge on any atom is 0.322 e. The fraction of sp³-hybridized carbons (Fsp3) is 0.154. The number of nitrogens with zero attached hydrogens (tertiary/aromatic N) is 3.